The molecule has 0 aliphatic carbocycles. The van der Waals surface area contributed by atoms with Crippen molar-refractivity contribution in [2.24, 2.45) is 7.05 Å². The topological polar surface area (TPSA) is 88.0 Å². The number of benzene rings is 2. The highest BCUT2D eigenvalue weighted by molar-refractivity contribution is 6.05. The minimum Gasteiger partial charge on any atom is -0.408 e. The molecule has 0 bridgehead atoms. The van der Waals surface area contributed by atoms with Crippen molar-refractivity contribution < 1.29 is 9.21 Å². The van der Waals surface area contributed by atoms with Crippen LogP contribution in [-0.2, 0) is 7.05 Å². The Balaban J connectivity index is 1.88. The van der Waals surface area contributed by atoms with Crippen LogP contribution in [0, 0.1) is 11.3 Å². The van der Waals surface area contributed by atoms with Gasteiger partial charge in [0.25, 0.3) is 5.91 Å². The van der Waals surface area contributed by atoms with Gasteiger partial charge < -0.3 is 9.73 Å². The first-order valence-corrected chi connectivity index (χ1v) is 6.49. The first-order chi connectivity index (χ1) is 10.6. The van der Waals surface area contributed by atoms with Gasteiger partial charge in [-0.25, -0.2) is 4.79 Å². The molecule has 0 radical (unpaired) electrons. The van der Waals surface area contributed by atoms with E-state index >= 15 is 0 Å². The van der Waals surface area contributed by atoms with Gasteiger partial charge in [0.05, 0.1) is 17.1 Å². The Morgan fingerprint density at radius 3 is 2.64 bits per heavy atom. The average Bonchev–Trinajstić information content (AvgIpc) is 2.82. The van der Waals surface area contributed by atoms with Crippen molar-refractivity contribution in [3.63, 3.8) is 0 Å². The number of rotatable bonds is 2. The van der Waals surface area contributed by atoms with Crippen molar-refractivity contribution in [2.45, 2.75) is 0 Å². The van der Waals surface area contributed by atoms with Gasteiger partial charge in [-0.2, -0.15) is 5.26 Å². The highest BCUT2D eigenvalue weighted by Gasteiger charge is 2.11. The molecule has 1 heterocycles. The van der Waals surface area contributed by atoms with E-state index in [-0.39, 0.29) is 5.91 Å². The van der Waals surface area contributed by atoms with E-state index < -0.39 is 5.76 Å². The largest absolute Gasteiger partial charge is 0.419 e. The maximum absolute atomic E-state index is 12.2. The van der Waals surface area contributed by atoms with E-state index in [2.05, 4.69) is 5.32 Å². The van der Waals surface area contributed by atoms with Crippen LogP contribution in [0.5, 0.6) is 0 Å². The zero-order valence-corrected chi connectivity index (χ0v) is 11.7. The third-order valence-corrected chi connectivity index (χ3v) is 3.33. The second-order valence-corrected chi connectivity index (χ2v) is 4.75. The van der Waals surface area contributed by atoms with E-state index in [1.807, 2.05) is 6.07 Å². The minimum atomic E-state index is -0.473. The molecule has 2 aromatic carbocycles. The van der Waals surface area contributed by atoms with Crippen molar-refractivity contribution >= 4 is 22.7 Å². The number of fused-ring (bicyclic) bond motifs is 1. The molecular weight excluding hydrogens is 282 g/mol. The number of amides is 1. The van der Waals surface area contributed by atoms with Crippen molar-refractivity contribution in [3.05, 3.63) is 64.1 Å². The highest BCUT2D eigenvalue weighted by atomic mass is 16.4. The predicted molar refractivity (Wildman–Crippen MR) is 80.6 cm³/mol. The summed E-state index contributed by atoms with van der Waals surface area (Å²) in [5.74, 6) is -0.794. The van der Waals surface area contributed by atoms with Gasteiger partial charge in [0.15, 0.2) is 5.58 Å². The number of carbonyl (C=O) groups excluding carboxylic acids is 1. The fourth-order valence-electron chi connectivity index (χ4n) is 2.11. The summed E-state index contributed by atoms with van der Waals surface area (Å²) in [6.07, 6.45) is 0. The third-order valence-electron chi connectivity index (χ3n) is 3.33. The summed E-state index contributed by atoms with van der Waals surface area (Å²) < 4.78 is 6.43. The smallest absolute Gasteiger partial charge is 0.408 e. The van der Waals surface area contributed by atoms with E-state index in [9.17, 15) is 9.59 Å². The highest BCUT2D eigenvalue weighted by Crippen LogP contribution is 2.16. The molecule has 0 fully saturated rings. The molecule has 6 nitrogen and oxygen atoms in total. The number of nitrogens with one attached hydrogen (secondary N) is 1. The number of carbonyl (C=O) groups is 1. The van der Waals surface area contributed by atoms with Crippen LogP contribution in [0.2, 0.25) is 0 Å². The molecule has 0 unspecified atom stereocenters. The second-order valence-electron chi connectivity index (χ2n) is 4.75. The Bertz CT molecular complexity index is 959. The molecule has 0 aliphatic heterocycles. The summed E-state index contributed by atoms with van der Waals surface area (Å²) in [4.78, 5) is 23.6. The number of anilines is 1. The molecule has 0 aliphatic rings. The molecule has 0 saturated carbocycles. The van der Waals surface area contributed by atoms with Gasteiger partial charge >= 0.3 is 5.76 Å². The number of nitrogens with zero attached hydrogens (tertiary/aromatic N) is 2. The number of nitriles is 1. The molecule has 1 aromatic heterocycles. The summed E-state index contributed by atoms with van der Waals surface area (Å²) >= 11 is 0. The number of hydrogen-bond donors (Lipinski definition) is 1. The Labute approximate surface area is 125 Å². The summed E-state index contributed by atoms with van der Waals surface area (Å²) in [6, 6.07) is 13.4. The lowest BCUT2D eigenvalue weighted by atomic mass is 10.1. The molecule has 3 rings (SSSR count). The van der Waals surface area contributed by atoms with Crippen LogP contribution >= 0.6 is 0 Å². The second kappa shape index (κ2) is 5.22. The van der Waals surface area contributed by atoms with E-state index in [0.29, 0.717) is 27.9 Å². The molecule has 108 valence electrons. The number of hydrogen-bond acceptors (Lipinski definition) is 4. The van der Waals surface area contributed by atoms with Gasteiger partial charge in [0, 0.05) is 18.3 Å². The molecular formula is C16H11N3O3. The lowest BCUT2D eigenvalue weighted by Gasteiger charge is -2.05. The van der Waals surface area contributed by atoms with Crippen LogP contribution in [0.15, 0.2) is 51.7 Å². The molecule has 0 saturated heterocycles. The van der Waals surface area contributed by atoms with Gasteiger partial charge in [-0.05, 0) is 42.5 Å². The predicted octanol–water partition coefficient (Wildman–Crippen LogP) is 2.26. The monoisotopic (exact) mass is 293 g/mol. The van der Waals surface area contributed by atoms with Gasteiger partial charge in [0.2, 0.25) is 0 Å². The van der Waals surface area contributed by atoms with E-state index in [1.165, 1.54) is 10.6 Å². The van der Waals surface area contributed by atoms with Crippen molar-refractivity contribution in [1.82, 2.24) is 4.57 Å². The van der Waals surface area contributed by atoms with Crippen molar-refractivity contribution in [1.29, 1.82) is 5.26 Å². The van der Waals surface area contributed by atoms with Crippen LogP contribution in [0.3, 0.4) is 0 Å². The zero-order valence-electron chi connectivity index (χ0n) is 11.7. The number of aromatic nitrogens is 1. The van der Waals surface area contributed by atoms with Gasteiger partial charge in [-0.3, -0.25) is 9.36 Å². The summed E-state index contributed by atoms with van der Waals surface area (Å²) in [7, 11) is 1.60. The standard InChI is InChI=1S/C16H11N3O3/c1-19-13-7-4-11(8-14(13)22-16(19)21)15(20)18-12-5-2-10(9-17)3-6-12/h2-8H,1H3,(H,18,20). The summed E-state index contributed by atoms with van der Waals surface area (Å²) in [6.45, 7) is 0. The molecule has 0 atom stereocenters. The third kappa shape index (κ3) is 2.36. The Kier molecular flexibility index (Phi) is 3.24. The van der Waals surface area contributed by atoms with Crippen molar-refractivity contribution in [3.8, 4) is 6.07 Å². The Hall–Kier alpha value is -3.33. The SMILES string of the molecule is Cn1c(=O)oc2cc(C(=O)Nc3ccc(C#N)cc3)ccc21. The number of oxazole rings is 1. The fourth-order valence-corrected chi connectivity index (χ4v) is 2.11. The van der Waals surface area contributed by atoms with Crippen LogP contribution in [-0.4, -0.2) is 10.5 Å². The molecule has 22 heavy (non-hydrogen) atoms. The van der Waals surface area contributed by atoms with E-state index in [0.717, 1.165) is 0 Å². The van der Waals surface area contributed by atoms with Crippen LogP contribution in [0.4, 0.5) is 5.69 Å². The van der Waals surface area contributed by atoms with E-state index in [1.54, 1.807) is 43.4 Å². The lowest BCUT2D eigenvalue weighted by molar-refractivity contribution is 0.102. The lowest BCUT2D eigenvalue weighted by Crippen LogP contribution is -2.11. The Morgan fingerprint density at radius 2 is 1.95 bits per heavy atom. The van der Waals surface area contributed by atoms with Crippen molar-refractivity contribution in [2.75, 3.05) is 5.32 Å². The van der Waals surface area contributed by atoms with E-state index in [4.69, 9.17) is 9.68 Å². The summed E-state index contributed by atoms with van der Waals surface area (Å²) in [5, 5.41) is 11.5. The van der Waals surface area contributed by atoms with Gasteiger partial charge in [0.1, 0.15) is 0 Å². The maximum Gasteiger partial charge on any atom is 0.419 e. The van der Waals surface area contributed by atoms with Gasteiger partial charge in [-0.1, -0.05) is 0 Å². The zero-order chi connectivity index (χ0) is 15.7. The molecule has 0 spiro atoms. The molecule has 1 N–H and O–H groups in total. The normalized spacial score (nSPS) is 10.4. The van der Waals surface area contributed by atoms with Crippen LogP contribution < -0.4 is 11.1 Å². The minimum absolute atomic E-state index is 0.321. The summed E-state index contributed by atoms with van der Waals surface area (Å²) in [5.41, 5.74) is 2.47. The average molecular weight is 293 g/mol. The van der Waals surface area contributed by atoms with Crippen LogP contribution in [0.25, 0.3) is 11.1 Å². The fraction of sp³-hybridized carbons (Fsp3) is 0.0625. The van der Waals surface area contributed by atoms with Crippen LogP contribution in [0.1, 0.15) is 15.9 Å². The number of aryl methyl sites for hydroxylation is 1. The van der Waals surface area contributed by atoms with Gasteiger partial charge in [-0.15, -0.1) is 0 Å². The molecule has 3 aromatic rings. The first-order valence-electron chi connectivity index (χ1n) is 6.49. The molecule has 6 heteroatoms. The Morgan fingerprint density at radius 1 is 1.23 bits per heavy atom. The first kappa shape index (κ1) is 13.6. The quantitative estimate of drug-likeness (QED) is 0.785. The molecule has 1 amide bonds. The maximum atomic E-state index is 12.2.